The highest BCUT2D eigenvalue weighted by Crippen LogP contribution is 2.31. The van der Waals surface area contributed by atoms with Gasteiger partial charge in [0.2, 0.25) is 5.89 Å². The first-order valence-electron chi connectivity index (χ1n) is 8.56. The maximum atomic E-state index is 13.1. The highest BCUT2D eigenvalue weighted by Gasteiger charge is 2.32. The topological polar surface area (TPSA) is 71.6 Å². The second-order valence-electron chi connectivity index (χ2n) is 6.20. The number of halogens is 2. The standard InChI is InChI=1S/C20H14Cl2N4O2S/c1-12-2-5-14(6-3-12)26-19(27)17(9-13-4-7-15(21)16(22)8-13)25-20(26)29-10-18-23-11-24-28-18/h2-9,11H,10H2,1H3/b17-9+. The van der Waals surface area contributed by atoms with Crippen molar-refractivity contribution >= 4 is 57.8 Å². The van der Waals surface area contributed by atoms with Gasteiger partial charge in [0.25, 0.3) is 5.91 Å². The number of amides is 1. The number of hydrogen-bond acceptors (Lipinski definition) is 6. The second kappa shape index (κ2) is 8.41. The third kappa shape index (κ3) is 4.37. The molecule has 146 valence electrons. The van der Waals surface area contributed by atoms with E-state index >= 15 is 0 Å². The first-order valence-corrected chi connectivity index (χ1v) is 10.3. The molecule has 6 nitrogen and oxygen atoms in total. The first-order chi connectivity index (χ1) is 14.0. The van der Waals surface area contributed by atoms with Crippen LogP contribution in [0.5, 0.6) is 0 Å². The fourth-order valence-corrected chi connectivity index (χ4v) is 3.83. The molecule has 2 aromatic carbocycles. The second-order valence-corrected chi connectivity index (χ2v) is 7.95. The third-order valence-corrected chi connectivity index (χ3v) is 5.76. The average molecular weight is 445 g/mol. The summed E-state index contributed by atoms with van der Waals surface area (Å²) in [6.45, 7) is 1.99. The summed E-state index contributed by atoms with van der Waals surface area (Å²) in [6, 6.07) is 12.8. The van der Waals surface area contributed by atoms with E-state index in [1.54, 1.807) is 29.2 Å². The summed E-state index contributed by atoms with van der Waals surface area (Å²) in [7, 11) is 0. The molecule has 0 bridgehead atoms. The molecule has 1 aliphatic heterocycles. The van der Waals surface area contributed by atoms with Crippen LogP contribution in [0, 0.1) is 6.92 Å². The zero-order chi connectivity index (χ0) is 20.4. The van der Waals surface area contributed by atoms with Crippen LogP contribution in [0.15, 0.2) is 64.0 Å². The van der Waals surface area contributed by atoms with Crippen LogP contribution in [0.4, 0.5) is 5.69 Å². The molecule has 0 fully saturated rings. The first kappa shape index (κ1) is 19.7. The summed E-state index contributed by atoms with van der Waals surface area (Å²) in [5.41, 5.74) is 2.87. The lowest BCUT2D eigenvalue weighted by Gasteiger charge is -2.17. The van der Waals surface area contributed by atoms with E-state index in [9.17, 15) is 4.79 Å². The van der Waals surface area contributed by atoms with E-state index in [0.717, 1.165) is 16.8 Å². The molecule has 1 aliphatic rings. The fraction of sp³-hybridized carbons (Fsp3) is 0.100. The summed E-state index contributed by atoms with van der Waals surface area (Å²) < 4.78 is 5.04. The number of benzene rings is 2. The van der Waals surface area contributed by atoms with Crippen molar-refractivity contribution in [3.63, 3.8) is 0 Å². The van der Waals surface area contributed by atoms with E-state index in [1.165, 1.54) is 18.1 Å². The minimum Gasteiger partial charge on any atom is -0.339 e. The number of amidine groups is 1. The maximum absolute atomic E-state index is 13.1. The molecule has 1 amide bonds. The summed E-state index contributed by atoms with van der Waals surface area (Å²) in [5.74, 6) is 0.623. The molecule has 0 saturated carbocycles. The van der Waals surface area contributed by atoms with Crippen LogP contribution in [0.2, 0.25) is 10.0 Å². The lowest BCUT2D eigenvalue weighted by molar-refractivity contribution is -0.113. The molecule has 0 radical (unpaired) electrons. The SMILES string of the molecule is Cc1ccc(N2C(=O)/C(=C\c3ccc(Cl)c(Cl)c3)N=C2SCc2ncno2)cc1. The highest BCUT2D eigenvalue weighted by atomic mass is 35.5. The Balaban J connectivity index is 1.68. The maximum Gasteiger partial charge on any atom is 0.283 e. The molecule has 0 unspecified atom stereocenters. The molecule has 29 heavy (non-hydrogen) atoms. The van der Waals surface area contributed by atoms with Crippen molar-refractivity contribution in [2.75, 3.05) is 4.90 Å². The molecule has 0 saturated heterocycles. The number of nitrogens with zero attached hydrogens (tertiary/aromatic N) is 4. The Hall–Kier alpha value is -2.61. The van der Waals surface area contributed by atoms with Gasteiger partial charge in [0, 0.05) is 0 Å². The fourth-order valence-electron chi connectivity index (χ4n) is 2.66. The van der Waals surface area contributed by atoms with Crippen molar-refractivity contribution in [1.29, 1.82) is 0 Å². The summed E-state index contributed by atoms with van der Waals surface area (Å²) >= 11 is 13.4. The lowest BCUT2D eigenvalue weighted by Crippen LogP contribution is -2.30. The van der Waals surface area contributed by atoms with Gasteiger partial charge in [0.05, 0.1) is 21.5 Å². The Morgan fingerprint density at radius 3 is 2.62 bits per heavy atom. The number of rotatable bonds is 4. The number of carbonyl (C=O) groups is 1. The van der Waals surface area contributed by atoms with Gasteiger partial charge in [-0.1, -0.05) is 63.9 Å². The predicted octanol–water partition coefficient (Wildman–Crippen LogP) is 5.36. The van der Waals surface area contributed by atoms with Crippen LogP contribution in [0.25, 0.3) is 6.08 Å². The van der Waals surface area contributed by atoms with Gasteiger partial charge < -0.3 is 4.52 Å². The van der Waals surface area contributed by atoms with E-state index in [0.29, 0.717) is 32.6 Å². The number of hydrogen-bond donors (Lipinski definition) is 0. The monoisotopic (exact) mass is 444 g/mol. The molecule has 2 heterocycles. The van der Waals surface area contributed by atoms with E-state index in [2.05, 4.69) is 15.1 Å². The number of aromatic nitrogens is 2. The Kier molecular flexibility index (Phi) is 5.71. The molecular formula is C20H14Cl2N4O2S. The van der Waals surface area contributed by atoms with Crippen LogP contribution in [-0.4, -0.2) is 21.2 Å². The van der Waals surface area contributed by atoms with Gasteiger partial charge in [-0.05, 0) is 42.8 Å². The normalized spacial score (nSPS) is 15.3. The smallest absolute Gasteiger partial charge is 0.283 e. The quantitative estimate of drug-likeness (QED) is 0.506. The van der Waals surface area contributed by atoms with Gasteiger partial charge in [-0.2, -0.15) is 4.98 Å². The third-order valence-electron chi connectivity index (χ3n) is 4.10. The average Bonchev–Trinajstić information content (AvgIpc) is 3.32. The van der Waals surface area contributed by atoms with Crippen LogP contribution in [-0.2, 0) is 10.5 Å². The number of anilines is 1. The zero-order valence-electron chi connectivity index (χ0n) is 15.2. The van der Waals surface area contributed by atoms with Crippen molar-refractivity contribution in [3.05, 3.63) is 81.6 Å². The largest absolute Gasteiger partial charge is 0.339 e. The van der Waals surface area contributed by atoms with Gasteiger partial charge in [-0.3, -0.25) is 9.69 Å². The predicted molar refractivity (Wildman–Crippen MR) is 116 cm³/mol. The van der Waals surface area contributed by atoms with Gasteiger partial charge in [0.1, 0.15) is 5.70 Å². The summed E-state index contributed by atoms with van der Waals surface area (Å²) in [6.07, 6.45) is 3.02. The van der Waals surface area contributed by atoms with E-state index in [-0.39, 0.29) is 5.91 Å². The van der Waals surface area contributed by atoms with Crippen LogP contribution in [0.1, 0.15) is 17.0 Å². The Labute approximate surface area is 181 Å². The van der Waals surface area contributed by atoms with Crippen LogP contribution in [0.3, 0.4) is 0 Å². The Morgan fingerprint density at radius 1 is 1.14 bits per heavy atom. The van der Waals surface area contributed by atoms with Gasteiger partial charge in [0.15, 0.2) is 11.5 Å². The van der Waals surface area contributed by atoms with Crippen LogP contribution < -0.4 is 4.90 Å². The molecule has 9 heteroatoms. The van der Waals surface area contributed by atoms with Gasteiger partial charge in [-0.15, -0.1) is 0 Å². The van der Waals surface area contributed by atoms with Crippen molar-refractivity contribution in [2.45, 2.75) is 12.7 Å². The zero-order valence-corrected chi connectivity index (χ0v) is 17.5. The molecule has 1 aromatic heterocycles. The van der Waals surface area contributed by atoms with Gasteiger partial charge in [-0.25, -0.2) is 4.99 Å². The van der Waals surface area contributed by atoms with Crippen LogP contribution >= 0.6 is 35.0 Å². The molecule has 0 aliphatic carbocycles. The number of thioether (sulfide) groups is 1. The molecular weight excluding hydrogens is 431 g/mol. The van der Waals surface area contributed by atoms with E-state index < -0.39 is 0 Å². The van der Waals surface area contributed by atoms with Crippen molar-refractivity contribution in [2.24, 2.45) is 4.99 Å². The van der Waals surface area contributed by atoms with Crippen molar-refractivity contribution < 1.29 is 9.32 Å². The number of aryl methyl sites for hydroxylation is 1. The lowest BCUT2D eigenvalue weighted by atomic mass is 10.2. The van der Waals surface area contributed by atoms with Crippen molar-refractivity contribution in [1.82, 2.24) is 10.1 Å². The molecule has 4 rings (SSSR count). The summed E-state index contributed by atoms with van der Waals surface area (Å²) in [4.78, 5) is 23.3. The minimum absolute atomic E-state index is 0.229. The molecule has 3 aromatic rings. The van der Waals surface area contributed by atoms with E-state index in [4.69, 9.17) is 27.7 Å². The minimum atomic E-state index is -0.229. The molecule has 0 spiro atoms. The van der Waals surface area contributed by atoms with E-state index in [1.807, 2.05) is 31.2 Å². The number of aliphatic imine (C=N–C) groups is 1. The Morgan fingerprint density at radius 2 is 1.93 bits per heavy atom. The van der Waals surface area contributed by atoms with Crippen molar-refractivity contribution in [3.8, 4) is 0 Å². The molecule has 0 N–H and O–H groups in total. The molecule has 0 atom stereocenters. The Bertz CT molecular complexity index is 1110. The highest BCUT2D eigenvalue weighted by molar-refractivity contribution is 8.13. The van der Waals surface area contributed by atoms with Gasteiger partial charge >= 0.3 is 0 Å². The number of carbonyl (C=O) groups excluding carboxylic acids is 1. The summed E-state index contributed by atoms with van der Waals surface area (Å²) in [5, 5.41) is 5.00.